The highest BCUT2D eigenvalue weighted by Gasteiger charge is 2.20. The lowest BCUT2D eigenvalue weighted by molar-refractivity contribution is 0.0602. The molecule has 0 aromatic carbocycles. The van der Waals surface area contributed by atoms with Crippen molar-refractivity contribution in [1.82, 2.24) is 4.98 Å². The Hall–Kier alpha value is -1.78. The van der Waals surface area contributed by atoms with Crippen LogP contribution in [-0.2, 0) is 4.74 Å². The Kier molecular flexibility index (Phi) is 3.69. The first-order chi connectivity index (χ1) is 8.61. The van der Waals surface area contributed by atoms with E-state index in [0.29, 0.717) is 17.2 Å². The third-order valence-corrected chi connectivity index (χ3v) is 3.31. The number of hydrogen-bond acceptors (Lipinski definition) is 5. The Balaban J connectivity index is 2.26. The van der Waals surface area contributed by atoms with E-state index in [4.69, 9.17) is 10.5 Å². The van der Waals surface area contributed by atoms with Gasteiger partial charge in [0.05, 0.1) is 24.6 Å². The molecule has 1 aliphatic rings. The smallest absolute Gasteiger partial charge is 0.340 e. The van der Waals surface area contributed by atoms with Crippen molar-refractivity contribution in [2.24, 2.45) is 5.92 Å². The maximum atomic E-state index is 11.6. The quantitative estimate of drug-likeness (QED) is 0.808. The first kappa shape index (κ1) is 12.7. The number of carbonyl (C=O) groups is 1. The largest absolute Gasteiger partial charge is 0.465 e. The molecule has 18 heavy (non-hydrogen) atoms. The summed E-state index contributed by atoms with van der Waals surface area (Å²) in [5.41, 5.74) is 6.49. The molecular formula is C13H19N3O2. The van der Waals surface area contributed by atoms with Gasteiger partial charge in [0, 0.05) is 13.1 Å². The van der Waals surface area contributed by atoms with Crippen molar-refractivity contribution in [3.63, 3.8) is 0 Å². The summed E-state index contributed by atoms with van der Waals surface area (Å²) in [7, 11) is 1.35. The van der Waals surface area contributed by atoms with Gasteiger partial charge in [0.15, 0.2) is 0 Å². The Morgan fingerprint density at radius 2 is 2.39 bits per heavy atom. The second-order valence-corrected chi connectivity index (χ2v) is 4.81. The number of nitrogens with zero attached hydrogens (tertiary/aromatic N) is 2. The first-order valence-corrected chi connectivity index (χ1v) is 6.20. The molecule has 0 bridgehead atoms. The summed E-state index contributed by atoms with van der Waals surface area (Å²) >= 11 is 0. The average molecular weight is 249 g/mol. The van der Waals surface area contributed by atoms with Gasteiger partial charge < -0.3 is 15.4 Å². The average Bonchev–Trinajstić information content (AvgIpc) is 2.38. The van der Waals surface area contributed by atoms with E-state index in [0.717, 1.165) is 25.3 Å². The van der Waals surface area contributed by atoms with Crippen LogP contribution in [0.5, 0.6) is 0 Å². The van der Waals surface area contributed by atoms with Gasteiger partial charge in [-0.15, -0.1) is 0 Å². The zero-order valence-electron chi connectivity index (χ0n) is 10.8. The highest BCUT2D eigenvalue weighted by Crippen LogP contribution is 2.24. The second kappa shape index (κ2) is 5.25. The number of aromatic nitrogens is 1. The number of nitrogens with two attached hydrogens (primary N) is 1. The summed E-state index contributed by atoms with van der Waals surface area (Å²) < 4.78 is 4.72. The highest BCUT2D eigenvalue weighted by atomic mass is 16.5. The minimum absolute atomic E-state index is 0.357. The molecule has 0 amide bonds. The van der Waals surface area contributed by atoms with Crippen LogP contribution in [0.3, 0.4) is 0 Å². The van der Waals surface area contributed by atoms with Gasteiger partial charge in [-0.1, -0.05) is 6.92 Å². The van der Waals surface area contributed by atoms with Crippen LogP contribution in [-0.4, -0.2) is 31.2 Å². The molecule has 1 aromatic rings. The predicted octanol–water partition coefficient (Wildman–Crippen LogP) is 1.69. The Labute approximate surface area is 107 Å². The molecule has 0 saturated carbocycles. The summed E-state index contributed by atoms with van der Waals surface area (Å²) in [6, 6.07) is 1.72. The number of nitrogen functional groups attached to an aromatic ring is 1. The number of piperidine rings is 1. The molecule has 1 aromatic heterocycles. The van der Waals surface area contributed by atoms with Crippen LogP contribution in [0.25, 0.3) is 0 Å². The molecule has 5 nitrogen and oxygen atoms in total. The summed E-state index contributed by atoms with van der Waals surface area (Å²) in [6.07, 6.45) is 3.93. The molecule has 5 heteroatoms. The summed E-state index contributed by atoms with van der Waals surface area (Å²) in [4.78, 5) is 18.1. The van der Waals surface area contributed by atoms with Crippen molar-refractivity contribution in [2.75, 3.05) is 30.8 Å². The number of rotatable bonds is 2. The molecule has 1 aliphatic heterocycles. The maximum absolute atomic E-state index is 11.6. The zero-order chi connectivity index (χ0) is 13.1. The minimum Gasteiger partial charge on any atom is -0.465 e. The molecule has 98 valence electrons. The van der Waals surface area contributed by atoms with Gasteiger partial charge in [0.1, 0.15) is 5.82 Å². The normalized spacial score (nSPS) is 19.7. The lowest BCUT2D eigenvalue weighted by Gasteiger charge is -2.32. The van der Waals surface area contributed by atoms with Crippen molar-refractivity contribution in [3.8, 4) is 0 Å². The van der Waals surface area contributed by atoms with Crippen LogP contribution in [0, 0.1) is 5.92 Å². The molecule has 1 fully saturated rings. The number of anilines is 2. The molecule has 1 atom stereocenters. The van der Waals surface area contributed by atoms with E-state index < -0.39 is 5.97 Å². The Morgan fingerprint density at radius 1 is 1.61 bits per heavy atom. The lowest BCUT2D eigenvalue weighted by atomic mass is 10.0. The van der Waals surface area contributed by atoms with Crippen molar-refractivity contribution in [1.29, 1.82) is 0 Å². The lowest BCUT2D eigenvalue weighted by Crippen LogP contribution is -2.35. The van der Waals surface area contributed by atoms with E-state index >= 15 is 0 Å². The third kappa shape index (κ3) is 2.55. The minimum atomic E-state index is -0.416. The van der Waals surface area contributed by atoms with E-state index in [1.807, 2.05) is 0 Å². The van der Waals surface area contributed by atoms with Crippen LogP contribution < -0.4 is 10.6 Å². The molecule has 0 aliphatic carbocycles. The van der Waals surface area contributed by atoms with Gasteiger partial charge in [0.25, 0.3) is 0 Å². The number of pyridine rings is 1. The van der Waals surface area contributed by atoms with Gasteiger partial charge in [0.2, 0.25) is 0 Å². The van der Waals surface area contributed by atoms with E-state index in [1.54, 1.807) is 6.07 Å². The van der Waals surface area contributed by atoms with Crippen molar-refractivity contribution >= 4 is 17.5 Å². The highest BCUT2D eigenvalue weighted by molar-refractivity contribution is 5.95. The van der Waals surface area contributed by atoms with Crippen LogP contribution in [0.15, 0.2) is 12.3 Å². The van der Waals surface area contributed by atoms with Crippen LogP contribution >= 0.6 is 0 Å². The fourth-order valence-corrected chi connectivity index (χ4v) is 2.31. The van der Waals surface area contributed by atoms with Gasteiger partial charge in [-0.3, -0.25) is 0 Å². The summed E-state index contributed by atoms with van der Waals surface area (Å²) in [5.74, 6) is 1.04. The summed E-state index contributed by atoms with van der Waals surface area (Å²) in [6.45, 7) is 4.17. The number of carbonyl (C=O) groups excluding carboxylic acids is 1. The van der Waals surface area contributed by atoms with E-state index in [2.05, 4.69) is 16.8 Å². The fraction of sp³-hybridized carbons (Fsp3) is 0.538. The Morgan fingerprint density at radius 3 is 3.06 bits per heavy atom. The Bertz CT molecular complexity index is 448. The molecule has 1 unspecified atom stereocenters. The standard InChI is InChI=1S/C13H19N3O2/c1-9-4-3-5-16(8-9)12-6-10(13(17)18-2)11(14)7-15-12/h6-7,9H,3-5,8,14H2,1-2H3. The SMILES string of the molecule is COC(=O)c1cc(N2CCCC(C)C2)ncc1N. The number of hydrogen-bond donors (Lipinski definition) is 1. The molecule has 2 rings (SSSR count). The van der Waals surface area contributed by atoms with Gasteiger partial charge in [-0.2, -0.15) is 0 Å². The molecular weight excluding hydrogens is 230 g/mol. The number of esters is 1. The molecule has 2 N–H and O–H groups in total. The van der Waals surface area contributed by atoms with Crippen LogP contribution in [0.2, 0.25) is 0 Å². The van der Waals surface area contributed by atoms with Gasteiger partial charge >= 0.3 is 5.97 Å². The fourth-order valence-electron chi connectivity index (χ4n) is 2.31. The van der Waals surface area contributed by atoms with E-state index in [9.17, 15) is 4.79 Å². The van der Waals surface area contributed by atoms with E-state index in [1.165, 1.54) is 19.7 Å². The monoisotopic (exact) mass is 249 g/mol. The topological polar surface area (TPSA) is 68.5 Å². The first-order valence-electron chi connectivity index (χ1n) is 6.20. The predicted molar refractivity (Wildman–Crippen MR) is 70.6 cm³/mol. The molecule has 0 spiro atoms. The second-order valence-electron chi connectivity index (χ2n) is 4.81. The zero-order valence-corrected chi connectivity index (χ0v) is 10.8. The molecule has 2 heterocycles. The maximum Gasteiger partial charge on any atom is 0.340 e. The molecule has 1 saturated heterocycles. The third-order valence-electron chi connectivity index (χ3n) is 3.31. The van der Waals surface area contributed by atoms with E-state index in [-0.39, 0.29) is 0 Å². The van der Waals surface area contributed by atoms with Gasteiger partial charge in [-0.25, -0.2) is 9.78 Å². The van der Waals surface area contributed by atoms with Crippen molar-refractivity contribution < 1.29 is 9.53 Å². The van der Waals surface area contributed by atoms with Crippen molar-refractivity contribution in [2.45, 2.75) is 19.8 Å². The number of methoxy groups -OCH3 is 1. The molecule has 0 radical (unpaired) electrons. The van der Waals surface area contributed by atoms with Gasteiger partial charge in [-0.05, 0) is 24.8 Å². The number of ether oxygens (including phenoxy) is 1. The van der Waals surface area contributed by atoms with Crippen LogP contribution in [0.1, 0.15) is 30.1 Å². The summed E-state index contributed by atoms with van der Waals surface area (Å²) in [5, 5.41) is 0. The van der Waals surface area contributed by atoms with Crippen molar-refractivity contribution in [3.05, 3.63) is 17.8 Å². The van der Waals surface area contributed by atoms with Crippen LogP contribution in [0.4, 0.5) is 11.5 Å².